The van der Waals surface area contributed by atoms with Crippen LogP contribution >= 0.6 is 11.3 Å². The van der Waals surface area contributed by atoms with Crippen LogP contribution < -0.4 is 5.32 Å². The highest BCUT2D eigenvalue weighted by Crippen LogP contribution is 2.27. The molecule has 2 rings (SSSR count). The van der Waals surface area contributed by atoms with Gasteiger partial charge in [0, 0.05) is 22.7 Å². The van der Waals surface area contributed by atoms with Crippen LogP contribution in [0.5, 0.6) is 0 Å². The first-order valence-corrected chi connectivity index (χ1v) is 7.09. The summed E-state index contributed by atoms with van der Waals surface area (Å²) in [5, 5.41) is 3.37. The molecule has 0 saturated carbocycles. The molecule has 0 amide bonds. The summed E-state index contributed by atoms with van der Waals surface area (Å²) in [6.45, 7) is 9.31. The SMILES string of the molecule is CCCNc1nc(-c2ccc(C)s2)nc(C)c1C. The lowest BCUT2D eigenvalue weighted by Gasteiger charge is -2.11. The van der Waals surface area contributed by atoms with Crippen molar-refractivity contribution in [1.82, 2.24) is 9.97 Å². The van der Waals surface area contributed by atoms with Gasteiger partial charge in [0.15, 0.2) is 5.82 Å². The summed E-state index contributed by atoms with van der Waals surface area (Å²) < 4.78 is 0. The van der Waals surface area contributed by atoms with Gasteiger partial charge in [-0.25, -0.2) is 9.97 Å². The van der Waals surface area contributed by atoms with Gasteiger partial charge in [0.05, 0.1) is 4.88 Å². The van der Waals surface area contributed by atoms with Crippen LogP contribution in [0.2, 0.25) is 0 Å². The Morgan fingerprint density at radius 1 is 1.17 bits per heavy atom. The van der Waals surface area contributed by atoms with E-state index in [4.69, 9.17) is 0 Å². The second kappa shape index (κ2) is 5.48. The number of hydrogen-bond acceptors (Lipinski definition) is 4. The van der Waals surface area contributed by atoms with Crippen LogP contribution in [-0.2, 0) is 0 Å². The molecule has 0 aliphatic rings. The van der Waals surface area contributed by atoms with Crippen LogP contribution in [0.4, 0.5) is 5.82 Å². The van der Waals surface area contributed by atoms with Crippen LogP contribution in [0.3, 0.4) is 0 Å². The molecular weight excluding hydrogens is 242 g/mol. The highest BCUT2D eigenvalue weighted by atomic mass is 32.1. The van der Waals surface area contributed by atoms with E-state index in [1.807, 2.05) is 6.92 Å². The highest BCUT2D eigenvalue weighted by Gasteiger charge is 2.10. The maximum Gasteiger partial charge on any atom is 0.171 e. The Morgan fingerprint density at radius 3 is 2.56 bits per heavy atom. The van der Waals surface area contributed by atoms with Gasteiger partial charge in [-0.15, -0.1) is 11.3 Å². The molecule has 2 heterocycles. The van der Waals surface area contributed by atoms with Crippen LogP contribution in [0, 0.1) is 20.8 Å². The molecule has 0 aromatic carbocycles. The number of anilines is 1. The molecule has 2 aromatic rings. The van der Waals surface area contributed by atoms with Crippen LogP contribution in [0.15, 0.2) is 12.1 Å². The minimum Gasteiger partial charge on any atom is -0.370 e. The number of nitrogens with zero attached hydrogens (tertiary/aromatic N) is 2. The van der Waals surface area contributed by atoms with Gasteiger partial charge in [-0.1, -0.05) is 6.92 Å². The quantitative estimate of drug-likeness (QED) is 0.905. The zero-order valence-corrected chi connectivity index (χ0v) is 12.2. The Hall–Kier alpha value is -1.42. The fraction of sp³-hybridized carbons (Fsp3) is 0.429. The molecule has 0 atom stereocenters. The van der Waals surface area contributed by atoms with Gasteiger partial charge in [-0.2, -0.15) is 0 Å². The van der Waals surface area contributed by atoms with Gasteiger partial charge in [0.1, 0.15) is 5.82 Å². The molecule has 0 bridgehead atoms. The summed E-state index contributed by atoms with van der Waals surface area (Å²) in [6.07, 6.45) is 1.09. The second-order valence-corrected chi connectivity index (χ2v) is 5.73. The molecular formula is C14H19N3S. The molecule has 96 valence electrons. The molecule has 2 aromatic heterocycles. The van der Waals surface area contributed by atoms with Crippen molar-refractivity contribution in [3.63, 3.8) is 0 Å². The van der Waals surface area contributed by atoms with Crippen molar-refractivity contribution < 1.29 is 0 Å². The molecule has 0 saturated heterocycles. The van der Waals surface area contributed by atoms with Crippen molar-refractivity contribution in [2.75, 3.05) is 11.9 Å². The Morgan fingerprint density at radius 2 is 1.94 bits per heavy atom. The number of aromatic nitrogens is 2. The number of thiophene rings is 1. The van der Waals surface area contributed by atoms with Gasteiger partial charge in [0.25, 0.3) is 0 Å². The van der Waals surface area contributed by atoms with Crippen LogP contribution in [-0.4, -0.2) is 16.5 Å². The van der Waals surface area contributed by atoms with Crippen molar-refractivity contribution in [2.45, 2.75) is 34.1 Å². The molecule has 1 N–H and O–H groups in total. The largest absolute Gasteiger partial charge is 0.370 e. The molecule has 0 spiro atoms. The summed E-state index contributed by atoms with van der Waals surface area (Å²) in [7, 11) is 0. The average Bonchev–Trinajstić information content (AvgIpc) is 2.77. The van der Waals surface area contributed by atoms with Crippen LogP contribution in [0.1, 0.15) is 29.5 Å². The maximum absolute atomic E-state index is 4.64. The van der Waals surface area contributed by atoms with E-state index < -0.39 is 0 Å². The molecule has 0 aliphatic heterocycles. The molecule has 4 heteroatoms. The Balaban J connectivity index is 2.40. The molecule has 0 radical (unpaired) electrons. The lowest BCUT2D eigenvalue weighted by Crippen LogP contribution is -2.07. The van der Waals surface area contributed by atoms with Crippen molar-refractivity contribution in [3.8, 4) is 10.7 Å². The van der Waals surface area contributed by atoms with Gasteiger partial charge >= 0.3 is 0 Å². The monoisotopic (exact) mass is 261 g/mol. The maximum atomic E-state index is 4.64. The van der Waals surface area contributed by atoms with Gasteiger partial charge < -0.3 is 5.32 Å². The third-order valence-electron chi connectivity index (χ3n) is 2.89. The van der Waals surface area contributed by atoms with E-state index in [0.29, 0.717) is 0 Å². The van der Waals surface area contributed by atoms with Crippen LogP contribution in [0.25, 0.3) is 10.7 Å². The summed E-state index contributed by atoms with van der Waals surface area (Å²) in [5.74, 6) is 1.79. The fourth-order valence-electron chi connectivity index (χ4n) is 1.71. The summed E-state index contributed by atoms with van der Waals surface area (Å²) in [4.78, 5) is 11.6. The van der Waals surface area contributed by atoms with E-state index in [9.17, 15) is 0 Å². The average molecular weight is 261 g/mol. The molecule has 0 unspecified atom stereocenters. The molecule has 3 nitrogen and oxygen atoms in total. The Kier molecular flexibility index (Phi) is 3.97. The number of hydrogen-bond donors (Lipinski definition) is 1. The third-order valence-corrected chi connectivity index (χ3v) is 3.89. The highest BCUT2D eigenvalue weighted by molar-refractivity contribution is 7.15. The van der Waals surface area contributed by atoms with Gasteiger partial charge in [-0.3, -0.25) is 0 Å². The Bertz CT molecular complexity index is 546. The smallest absolute Gasteiger partial charge is 0.171 e. The summed E-state index contributed by atoms with van der Waals surface area (Å²) in [5.41, 5.74) is 2.19. The first-order chi connectivity index (χ1) is 8.61. The lowest BCUT2D eigenvalue weighted by atomic mass is 10.2. The van der Waals surface area contributed by atoms with Crippen molar-refractivity contribution in [1.29, 1.82) is 0 Å². The summed E-state index contributed by atoms with van der Waals surface area (Å²) >= 11 is 1.74. The third kappa shape index (κ3) is 2.70. The molecule has 0 aliphatic carbocycles. The topological polar surface area (TPSA) is 37.8 Å². The fourth-order valence-corrected chi connectivity index (χ4v) is 2.51. The van der Waals surface area contributed by atoms with E-state index in [2.05, 4.69) is 48.2 Å². The molecule has 0 fully saturated rings. The first kappa shape index (κ1) is 13.0. The number of nitrogens with one attached hydrogen (secondary N) is 1. The van der Waals surface area contributed by atoms with Gasteiger partial charge in [0.2, 0.25) is 0 Å². The number of aryl methyl sites for hydroxylation is 2. The van der Waals surface area contributed by atoms with E-state index >= 15 is 0 Å². The zero-order valence-electron chi connectivity index (χ0n) is 11.4. The predicted octanol–water partition coefficient (Wildman–Crippen LogP) is 3.95. The lowest BCUT2D eigenvalue weighted by molar-refractivity contribution is 0.955. The summed E-state index contributed by atoms with van der Waals surface area (Å²) in [6, 6.07) is 4.20. The van der Waals surface area contributed by atoms with Crippen molar-refractivity contribution >= 4 is 17.2 Å². The van der Waals surface area contributed by atoms with Crippen molar-refractivity contribution in [2.24, 2.45) is 0 Å². The first-order valence-electron chi connectivity index (χ1n) is 6.27. The van der Waals surface area contributed by atoms with E-state index in [0.717, 1.165) is 40.7 Å². The second-order valence-electron chi connectivity index (χ2n) is 4.44. The van der Waals surface area contributed by atoms with Crippen molar-refractivity contribution in [3.05, 3.63) is 28.3 Å². The van der Waals surface area contributed by atoms with E-state index in [1.54, 1.807) is 11.3 Å². The molecule has 18 heavy (non-hydrogen) atoms. The zero-order chi connectivity index (χ0) is 13.1. The minimum absolute atomic E-state index is 0.829. The van der Waals surface area contributed by atoms with E-state index in [-0.39, 0.29) is 0 Å². The normalized spacial score (nSPS) is 10.7. The predicted molar refractivity (Wildman–Crippen MR) is 78.3 cm³/mol. The van der Waals surface area contributed by atoms with Gasteiger partial charge in [-0.05, 0) is 39.3 Å². The number of rotatable bonds is 4. The Labute approximate surface area is 112 Å². The minimum atomic E-state index is 0.829. The standard InChI is InChI=1S/C14H19N3S/c1-5-8-15-13-10(3)11(4)16-14(17-13)12-7-6-9(2)18-12/h6-7H,5,8H2,1-4H3,(H,15,16,17). The van der Waals surface area contributed by atoms with E-state index in [1.165, 1.54) is 4.88 Å².